The molecule has 0 saturated carbocycles. The van der Waals surface area contributed by atoms with Gasteiger partial charge in [0.1, 0.15) is 12.0 Å². The van der Waals surface area contributed by atoms with Gasteiger partial charge in [0.25, 0.3) is 10.1 Å². The van der Waals surface area contributed by atoms with Gasteiger partial charge >= 0.3 is 0 Å². The molecule has 0 heterocycles. The predicted octanol–water partition coefficient (Wildman–Crippen LogP) is 3.98. The summed E-state index contributed by atoms with van der Waals surface area (Å²) in [5, 5.41) is 6.71. The molecule has 6 nitrogen and oxygen atoms in total. The van der Waals surface area contributed by atoms with Crippen LogP contribution >= 0.6 is 12.0 Å². The molecule has 0 saturated heterocycles. The Labute approximate surface area is 154 Å². The number of hydrogen-bond acceptors (Lipinski definition) is 7. The van der Waals surface area contributed by atoms with E-state index >= 15 is 0 Å². The number of unbranched alkanes of at least 4 members (excludes halogenated alkanes) is 1. The lowest BCUT2D eigenvalue weighted by atomic mass is 10.2. The summed E-state index contributed by atoms with van der Waals surface area (Å²) in [5.74, 6) is 5.30. The van der Waals surface area contributed by atoms with Crippen molar-refractivity contribution in [3.8, 4) is 23.2 Å². The van der Waals surface area contributed by atoms with Gasteiger partial charge in [-0.2, -0.15) is 8.42 Å². The predicted molar refractivity (Wildman–Crippen MR) is 97.0 cm³/mol. The van der Waals surface area contributed by atoms with Gasteiger partial charge in [-0.15, -0.1) is 4.33 Å². The molecule has 0 N–H and O–H groups in total. The fourth-order valence-corrected chi connectivity index (χ4v) is 2.33. The topological polar surface area (TPSA) is 71.1 Å². The van der Waals surface area contributed by atoms with Crippen LogP contribution < -0.4 is 0 Å². The lowest BCUT2D eigenvalue weighted by Crippen LogP contribution is -2.05. The maximum atomic E-state index is 11.3. The van der Waals surface area contributed by atoms with Crippen molar-refractivity contribution in [1.29, 1.82) is 0 Å². The van der Waals surface area contributed by atoms with E-state index in [-0.39, 0.29) is 11.5 Å². The van der Waals surface area contributed by atoms with Crippen LogP contribution in [0.5, 0.6) is 0 Å². The highest BCUT2D eigenvalue weighted by molar-refractivity contribution is 7.99. The Kier molecular flexibility index (Phi) is 13.7. The number of aryl methyl sites for hydroxylation is 1. The highest BCUT2D eigenvalue weighted by atomic mass is 32.2. The van der Waals surface area contributed by atoms with Crippen molar-refractivity contribution < 1.29 is 26.9 Å². The third kappa shape index (κ3) is 12.3. The van der Waals surface area contributed by atoms with Crippen molar-refractivity contribution in [3.05, 3.63) is 29.8 Å². The maximum absolute atomic E-state index is 11.3. The van der Waals surface area contributed by atoms with Crippen LogP contribution in [0, 0.1) is 30.1 Å². The normalized spacial score (nSPS) is 9.60. The van der Waals surface area contributed by atoms with E-state index in [1.54, 1.807) is 38.1 Å². The summed E-state index contributed by atoms with van der Waals surface area (Å²) in [7, 11) is -3.53. The molecule has 0 amide bonds. The van der Waals surface area contributed by atoms with E-state index in [0.29, 0.717) is 0 Å². The van der Waals surface area contributed by atoms with Crippen molar-refractivity contribution in [1.82, 2.24) is 0 Å². The quantitative estimate of drug-likeness (QED) is 0.175. The smallest absolute Gasteiger partial charge is 0.267 e. The minimum atomic E-state index is -3.53. The van der Waals surface area contributed by atoms with E-state index < -0.39 is 10.1 Å². The van der Waals surface area contributed by atoms with E-state index in [0.717, 1.165) is 30.4 Å². The second-order valence-electron chi connectivity index (χ2n) is 4.36. The van der Waals surface area contributed by atoms with Crippen LogP contribution in [0.2, 0.25) is 0 Å². The van der Waals surface area contributed by atoms with Crippen LogP contribution in [0.15, 0.2) is 29.2 Å². The fourth-order valence-electron chi connectivity index (χ4n) is 1.24. The molecule has 8 heteroatoms. The van der Waals surface area contributed by atoms with E-state index in [9.17, 15) is 8.42 Å². The SMILES string of the molecule is CC#CSOOOC#CCCC.CCOS(=O)(=O)c1ccc(C)cc1. The van der Waals surface area contributed by atoms with Gasteiger partial charge in [0.05, 0.1) is 11.5 Å². The van der Waals surface area contributed by atoms with Gasteiger partial charge in [0.15, 0.2) is 6.11 Å². The van der Waals surface area contributed by atoms with Crippen LogP contribution in [0.3, 0.4) is 0 Å². The first-order chi connectivity index (χ1) is 12.0. The van der Waals surface area contributed by atoms with E-state index in [1.165, 1.54) is 0 Å². The molecular formula is C17H22O6S2. The van der Waals surface area contributed by atoms with E-state index in [2.05, 4.69) is 41.6 Å². The number of rotatable bonds is 7. The summed E-state index contributed by atoms with van der Waals surface area (Å²) in [6, 6.07) is 6.57. The molecule has 0 aliphatic carbocycles. The van der Waals surface area contributed by atoms with Crippen LogP contribution in [0.4, 0.5) is 0 Å². The number of hydrogen-bond donors (Lipinski definition) is 0. The zero-order chi connectivity index (χ0) is 19.0. The fraction of sp³-hybridized carbons (Fsp3) is 0.412. The molecule has 0 aliphatic heterocycles. The second-order valence-corrected chi connectivity index (χ2v) is 6.48. The Morgan fingerprint density at radius 2 is 1.84 bits per heavy atom. The Hall–Kier alpha value is -1.68. The molecule has 0 radical (unpaired) electrons. The van der Waals surface area contributed by atoms with Crippen LogP contribution in [0.25, 0.3) is 0 Å². The number of benzene rings is 1. The molecule has 1 rings (SSSR count). The molecule has 0 bridgehead atoms. The lowest BCUT2D eigenvalue weighted by Gasteiger charge is -2.02. The van der Waals surface area contributed by atoms with Gasteiger partial charge in [0.2, 0.25) is 0 Å². The second kappa shape index (κ2) is 14.6. The summed E-state index contributed by atoms with van der Waals surface area (Å²) in [6.07, 6.45) is 4.08. The molecule has 1 aromatic carbocycles. The van der Waals surface area contributed by atoms with Crippen molar-refractivity contribution in [2.24, 2.45) is 0 Å². The third-order valence-corrected chi connectivity index (χ3v) is 4.12. The Morgan fingerprint density at radius 3 is 2.40 bits per heavy atom. The van der Waals surface area contributed by atoms with Crippen LogP contribution in [-0.2, 0) is 28.6 Å². The summed E-state index contributed by atoms with van der Waals surface area (Å²) in [4.78, 5) is 4.52. The molecular weight excluding hydrogens is 364 g/mol. The first-order valence-electron chi connectivity index (χ1n) is 7.49. The van der Waals surface area contributed by atoms with Gasteiger partial charge in [-0.05, 0) is 44.6 Å². The van der Waals surface area contributed by atoms with Crippen LogP contribution in [0.1, 0.15) is 39.2 Å². The molecule has 0 aromatic heterocycles. The van der Waals surface area contributed by atoms with Crippen LogP contribution in [-0.4, -0.2) is 15.0 Å². The summed E-state index contributed by atoms with van der Waals surface area (Å²) in [6.45, 7) is 7.43. The molecule has 0 unspecified atom stereocenters. The average Bonchev–Trinajstić information content (AvgIpc) is 2.58. The average molecular weight is 386 g/mol. The van der Waals surface area contributed by atoms with Gasteiger partial charge in [0, 0.05) is 11.5 Å². The standard InChI is InChI=1S/C9H12O3S.C8H10O3S/c1-3-12-13(10,11)9-6-4-8(2)5-7-9;1-3-5-6-7-9-10-11-12-8-4-2/h4-7H,3H2,1-2H3;3,5H2,1-2H3. The highest BCUT2D eigenvalue weighted by Gasteiger charge is 2.12. The monoisotopic (exact) mass is 386 g/mol. The zero-order valence-corrected chi connectivity index (χ0v) is 16.3. The summed E-state index contributed by atoms with van der Waals surface area (Å²) in [5.41, 5.74) is 1.02. The molecule has 0 aliphatic rings. The first kappa shape index (κ1) is 23.3. The van der Waals surface area contributed by atoms with Gasteiger partial charge < -0.3 is 0 Å². The summed E-state index contributed by atoms with van der Waals surface area (Å²) < 4.78 is 31.6. The zero-order valence-electron chi connectivity index (χ0n) is 14.7. The molecule has 0 atom stereocenters. The Balaban J connectivity index is 0.000000463. The molecule has 0 spiro atoms. The third-order valence-electron chi connectivity index (χ3n) is 2.31. The summed E-state index contributed by atoms with van der Waals surface area (Å²) >= 11 is 0.841. The van der Waals surface area contributed by atoms with Crippen molar-refractivity contribution >= 4 is 22.2 Å². The van der Waals surface area contributed by atoms with Crippen molar-refractivity contribution in [3.63, 3.8) is 0 Å². The Morgan fingerprint density at radius 1 is 1.16 bits per heavy atom. The van der Waals surface area contributed by atoms with Gasteiger partial charge in [-0.25, -0.2) is 0 Å². The van der Waals surface area contributed by atoms with Gasteiger partial charge in [-0.1, -0.05) is 36.5 Å². The highest BCUT2D eigenvalue weighted by Crippen LogP contribution is 2.12. The van der Waals surface area contributed by atoms with E-state index in [4.69, 9.17) is 0 Å². The van der Waals surface area contributed by atoms with Gasteiger partial charge in [-0.3, -0.25) is 9.07 Å². The lowest BCUT2D eigenvalue weighted by molar-refractivity contribution is -0.424. The first-order valence-corrected chi connectivity index (χ1v) is 9.64. The molecule has 138 valence electrons. The van der Waals surface area contributed by atoms with Crippen molar-refractivity contribution in [2.75, 3.05) is 6.61 Å². The largest absolute Gasteiger partial charge is 0.296 e. The molecule has 25 heavy (non-hydrogen) atoms. The molecule has 0 fully saturated rings. The van der Waals surface area contributed by atoms with E-state index in [1.807, 2.05) is 13.8 Å². The maximum Gasteiger partial charge on any atom is 0.296 e. The van der Waals surface area contributed by atoms with Crippen molar-refractivity contribution in [2.45, 2.75) is 45.4 Å². The minimum absolute atomic E-state index is 0.163. The molecule has 1 aromatic rings. The minimum Gasteiger partial charge on any atom is -0.267 e. The Bertz CT molecular complexity index is 691.